The molecule has 168 valence electrons. The lowest BCUT2D eigenvalue weighted by Crippen LogP contribution is -2.23. The molecule has 7 nitrogen and oxygen atoms in total. The average Bonchev–Trinajstić information content (AvgIpc) is 3.07. The second-order valence-corrected chi connectivity index (χ2v) is 8.32. The second-order valence-electron chi connectivity index (χ2n) is 7.47. The quantitative estimate of drug-likeness (QED) is 0.364. The van der Waals surface area contributed by atoms with Gasteiger partial charge in [-0.15, -0.1) is 0 Å². The molecule has 2 aromatic carbocycles. The van der Waals surface area contributed by atoms with Gasteiger partial charge < -0.3 is 14.4 Å². The van der Waals surface area contributed by atoms with Crippen LogP contribution in [0.3, 0.4) is 0 Å². The Morgan fingerprint density at radius 2 is 1.79 bits per heavy atom. The molecule has 0 amide bonds. The highest BCUT2D eigenvalue weighted by Crippen LogP contribution is 2.30. The van der Waals surface area contributed by atoms with Crippen LogP contribution >= 0.6 is 23.2 Å². The summed E-state index contributed by atoms with van der Waals surface area (Å²) >= 11 is 12.2. The first-order valence-corrected chi connectivity index (χ1v) is 10.8. The zero-order valence-electron chi connectivity index (χ0n) is 17.8. The fourth-order valence-electron chi connectivity index (χ4n) is 3.54. The fraction of sp³-hybridized carbons (Fsp3) is 0.167. The van der Waals surface area contributed by atoms with Crippen molar-refractivity contribution in [2.75, 3.05) is 0 Å². The molecule has 0 aliphatic heterocycles. The highest BCUT2D eigenvalue weighted by atomic mass is 35.5. The van der Waals surface area contributed by atoms with Gasteiger partial charge in [0.25, 0.3) is 0 Å². The van der Waals surface area contributed by atoms with Gasteiger partial charge in [0.05, 0.1) is 10.6 Å². The molecule has 4 rings (SSSR count). The first-order valence-electron chi connectivity index (χ1n) is 10.0. The normalized spacial score (nSPS) is 12.0. The van der Waals surface area contributed by atoms with Crippen molar-refractivity contribution in [2.24, 2.45) is 0 Å². The van der Waals surface area contributed by atoms with Crippen molar-refractivity contribution in [1.82, 2.24) is 14.5 Å². The Hall–Kier alpha value is -3.42. The van der Waals surface area contributed by atoms with Crippen LogP contribution in [0.5, 0.6) is 5.75 Å². The van der Waals surface area contributed by atoms with Crippen molar-refractivity contribution in [1.29, 1.82) is 0 Å². The van der Waals surface area contributed by atoms with E-state index in [0.29, 0.717) is 44.6 Å². The number of aromatic nitrogens is 3. The monoisotopic (exact) mass is 483 g/mol. The molecule has 0 aliphatic rings. The van der Waals surface area contributed by atoms with Crippen molar-refractivity contribution < 1.29 is 19.4 Å². The smallest absolute Gasteiger partial charge is 0.344 e. The van der Waals surface area contributed by atoms with Crippen molar-refractivity contribution in [3.05, 3.63) is 87.3 Å². The molecule has 0 spiro atoms. The summed E-state index contributed by atoms with van der Waals surface area (Å²) in [5.41, 5.74) is 3.52. The number of hydrogen-bond acceptors (Lipinski definition) is 5. The van der Waals surface area contributed by atoms with Gasteiger partial charge in [0.1, 0.15) is 11.3 Å². The molecule has 9 heteroatoms. The molecule has 0 aliphatic carbocycles. The van der Waals surface area contributed by atoms with E-state index in [-0.39, 0.29) is 11.5 Å². The van der Waals surface area contributed by atoms with Crippen LogP contribution < -0.4 is 4.74 Å². The van der Waals surface area contributed by atoms with E-state index < -0.39 is 12.1 Å². The Bertz CT molecular complexity index is 1370. The summed E-state index contributed by atoms with van der Waals surface area (Å²) < 4.78 is 7.37. The fourth-order valence-corrected chi connectivity index (χ4v) is 3.83. The number of hydrogen-bond donors (Lipinski definition) is 1. The summed E-state index contributed by atoms with van der Waals surface area (Å²) in [5.74, 6) is -1.00. The van der Waals surface area contributed by atoms with Crippen LogP contribution in [0.15, 0.2) is 54.9 Å². The largest absolute Gasteiger partial charge is 0.479 e. The molecule has 0 fully saturated rings. The molecule has 1 N–H and O–H groups in total. The third-order valence-electron chi connectivity index (χ3n) is 5.26. The minimum atomic E-state index is -1.09. The highest BCUT2D eigenvalue weighted by molar-refractivity contribution is 6.32. The van der Waals surface area contributed by atoms with E-state index in [9.17, 15) is 9.59 Å². The predicted octanol–water partition coefficient (Wildman–Crippen LogP) is 5.18. The molecule has 2 aromatic heterocycles. The molecule has 1 atom stereocenters. The van der Waals surface area contributed by atoms with Crippen molar-refractivity contribution in [2.45, 2.75) is 26.5 Å². The SMILES string of the molecule is Cc1c(C(=O)c2ccc(Cl)cc2)c2nccnc2n1Cc1ccc(Cl)c(O[C@H](C)C(=O)O)c1. The number of benzene rings is 2. The number of rotatable bonds is 7. The van der Waals surface area contributed by atoms with Gasteiger partial charge in [-0.3, -0.25) is 9.78 Å². The summed E-state index contributed by atoms with van der Waals surface area (Å²) in [5, 5.41) is 9.98. The number of carbonyl (C=O) groups excluding carboxylic acids is 1. The number of carbonyl (C=O) groups is 2. The van der Waals surface area contributed by atoms with E-state index in [0.717, 1.165) is 5.56 Å². The number of carboxylic acids is 1. The first kappa shape index (κ1) is 22.8. The van der Waals surface area contributed by atoms with E-state index in [1.54, 1.807) is 48.8 Å². The van der Waals surface area contributed by atoms with E-state index in [2.05, 4.69) is 9.97 Å². The highest BCUT2D eigenvalue weighted by Gasteiger charge is 2.23. The maximum absolute atomic E-state index is 13.3. The molecule has 0 radical (unpaired) electrons. The molecule has 33 heavy (non-hydrogen) atoms. The minimum absolute atomic E-state index is 0.177. The summed E-state index contributed by atoms with van der Waals surface area (Å²) in [4.78, 5) is 33.4. The summed E-state index contributed by atoms with van der Waals surface area (Å²) in [6, 6.07) is 11.8. The summed E-state index contributed by atoms with van der Waals surface area (Å²) in [6.07, 6.45) is 2.06. The third-order valence-corrected chi connectivity index (χ3v) is 5.82. The minimum Gasteiger partial charge on any atom is -0.479 e. The number of ketones is 1. The number of aliphatic carboxylic acids is 1. The van der Waals surface area contributed by atoms with Crippen LogP contribution in [0.1, 0.15) is 34.1 Å². The van der Waals surface area contributed by atoms with Crippen LogP contribution in [0.2, 0.25) is 10.0 Å². The second kappa shape index (κ2) is 9.21. The molecule has 0 saturated carbocycles. The molecule has 4 aromatic rings. The van der Waals surface area contributed by atoms with Gasteiger partial charge in [0.15, 0.2) is 17.5 Å². The molecule has 0 bridgehead atoms. The summed E-state index contributed by atoms with van der Waals surface area (Å²) in [6.45, 7) is 3.62. The van der Waals surface area contributed by atoms with Gasteiger partial charge in [0.2, 0.25) is 0 Å². The standard InChI is InChI=1S/C24H19Cl2N3O4/c1-13-20(22(30)16-4-6-17(25)7-5-16)21-23(28-10-9-27-21)29(13)12-15-3-8-18(26)19(11-15)33-14(2)24(31)32/h3-11,14H,12H2,1-2H3,(H,31,32)/t14-/m1/s1. The Kier molecular flexibility index (Phi) is 6.35. The topological polar surface area (TPSA) is 94.3 Å². The first-order chi connectivity index (χ1) is 15.8. The van der Waals surface area contributed by atoms with Crippen LogP contribution in [0.4, 0.5) is 0 Å². The molecular formula is C24H19Cl2N3O4. The van der Waals surface area contributed by atoms with Crippen LogP contribution in [0.25, 0.3) is 11.2 Å². The maximum atomic E-state index is 13.3. The van der Waals surface area contributed by atoms with E-state index in [4.69, 9.17) is 33.0 Å². The lowest BCUT2D eigenvalue weighted by molar-refractivity contribution is -0.144. The van der Waals surface area contributed by atoms with E-state index in [1.165, 1.54) is 6.92 Å². The zero-order chi connectivity index (χ0) is 23.7. The van der Waals surface area contributed by atoms with Gasteiger partial charge in [0, 0.05) is 35.2 Å². The van der Waals surface area contributed by atoms with Crippen molar-refractivity contribution >= 4 is 46.1 Å². The number of fused-ring (bicyclic) bond motifs is 1. The number of ether oxygens (including phenoxy) is 1. The van der Waals surface area contributed by atoms with Gasteiger partial charge in [-0.1, -0.05) is 29.3 Å². The van der Waals surface area contributed by atoms with Gasteiger partial charge in [-0.25, -0.2) is 9.78 Å². The zero-order valence-corrected chi connectivity index (χ0v) is 19.3. The maximum Gasteiger partial charge on any atom is 0.344 e. The van der Waals surface area contributed by atoms with Crippen LogP contribution in [-0.2, 0) is 11.3 Å². The molecule has 0 unspecified atom stereocenters. The van der Waals surface area contributed by atoms with Crippen molar-refractivity contribution in [3.63, 3.8) is 0 Å². The number of halogens is 2. The number of nitrogens with zero attached hydrogens (tertiary/aromatic N) is 3. The van der Waals surface area contributed by atoms with Gasteiger partial charge in [-0.05, 0) is 55.8 Å². The Balaban J connectivity index is 1.75. The van der Waals surface area contributed by atoms with E-state index >= 15 is 0 Å². The van der Waals surface area contributed by atoms with Crippen molar-refractivity contribution in [3.8, 4) is 5.75 Å². The van der Waals surface area contributed by atoms with E-state index in [1.807, 2.05) is 17.6 Å². The molecule has 0 saturated heterocycles. The lowest BCUT2D eigenvalue weighted by Gasteiger charge is -2.14. The lowest BCUT2D eigenvalue weighted by atomic mass is 10.0. The third kappa shape index (κ3) is 4.55. The predicted molar refractivity (Wildman–Crippen MR) is 125 cm³/mol. The Morgan fingerprint density at radius 3 is 2.48 bits per heavy atom. The van der Waals surface area contributed by atoms with Crippen LogP contribution in [0, 0.1) is 6.92 Å². The van der Waals surface area contributed by atoms with Gasteiger partial charge in [-0.2, -0.15) is 0 Å². The van der Waals surface area contributed by atoms with Crippen LogP contribution in [-0.4, -0.2) is 37.5 Å². The average molecular weight is 484 g/mol. The molecule has 2 heterocycles. The number of carboxylic acid groups (broad SMARTS) is 1. The molecular weight excluding hydrogens is 465 g/mol. The Morgan fingerprint density at radius 1 is 1.09 bits per heavy atom. The Labute approximate surface area is 199 Å². The summed E-state index contributed by atoms with van der Waals surface area (Å²) in [7, 11) is 0. The van der Waals surface area contributed by atoms with Gasteiger partial charge >= 0.3 is 5.97 Å².